The number of para-hydroxylation sites is 1. The summed E-state index contributed by atoms with van der Waals surface area (Å²) in [6, 6.07) is 15.7. The molecule has 17 heteroatoms. The van der Waals surface area contributed by atoms with E-state index >= 15 is 13.2 Å². The van der Waals surface area contributed by atoms with E-state index in [1.54, 1.807) is 39.5 Å². The number of rotatable bonds is 15. The number of fused-ring (bicyclic) bond motifs is 8. The van der Waals surface area contributed by atoms with Gasteiger partial charge in [0, 0.05) is 102 Å². The first kappa shape index (κ1) is 50.8. The number of hydrogen-bond donors (Lipinski definition) is 2. The Morgan fingerprint density at radius 2 is 1.74 bits per heavy atom. The van der Waals surface area contributed by atoms with E-state index in [9.17, 15) is 19.5 Å². The lowest BCUT2D eigenvalue weighted by molar-refractivity contribution is -0.172. The van der Waals surface area contributed by atoms with Crippen LogP contribution >= 0.6 is 0 Å². The Hall–Kier alpha value is -6.71. The zero-order valence-electron chi connectivity index (χ0n) is 42.5. The van der Waals surface area contributed by atoms with Crippen LogP contribution in [0.15, 0.2) is 65.5 Å². The second kappa shape index (κ2) is 20.2. The highest BCUT2D eigenvalue weighted by molar-refractivity contribution is 5.90. The van der Waals surface area contributed by atoms with E-state index in [0.717, 1.165) is 58.8 Å². The summed E-state index contributed by atoms with van der Waals surface area (Å²) in [5, 5.41) is 13.0. The second-order valence-corrected chi connectivity index (χ2v) is 20.9. The summed E-state index contributed by atoms with van der Waals surface area (Å²) in [7, 11) is 3.86. The molecule has 0 spiro atoms. The molecule has 3 atom stereocenters. The molecule has 1 amide bonds. The lowest BCUT2D eigenvalue weighted by Crippen LogP contribution is -2.49. The quantitative estimate of drug-likeness (QED) is 0.0581. The topological polar surface area (TPSA) is 146 Å². The predicted octanol–water partition coefficient (Wildman–Crippen LogP) is 8.35. The minimum absolute atomic E-state index is 0.0520. The van der Waals surface area contributed by atoms with Gasteiger partial charge >= 0.3 is 12.1 Å². The van der Waals surface area contributed by atoms with Gasteiger partial charge in [0.15, 0.2) is 5.60 Å². The third-order valence-electron chi connectivity index (χ3n) is 15.0. The van der Waals surface area contributed by atoms with E-state index in [-0.39, 0.29) is 60.7 Å². The number of carbonyl (C=O) groups excluding carboxylic acids is 2. The number of amides is 1. The lowest BCUT2D eigenvalue weighted by atomic mass is 9.86. The normalized spacial score (nSPS) is 19.8. The SMILES string of the molecule is C#C[C@H]1Cc2c([nH]c3ccccc23)[C@H](c2c(F)cc(OCCCCCCN3CCN(C(=O)Oc4ccc5nc6c(cc5c4CN(C)C)Cn4c-6cc5c(c4=O)COC(=O)[C@]5(O)CC)CC3)cc2F)N1CC(C)(C)F. The molecule has 0 aliphatic carbocycles. The molecule has 4 aliphatic rings. The number of ether oxygens (including phenoxy) is 3. The van der Waals surface area contributed by atoms with Crippen molar-refractivity contribution in [1.82, 2.24) is 34.1 Å². The molecule has 0 bridgehead atoms. The van der Waals surface area contributed by atoms with Crippen LogP contribution < -0.4 is 15.0 Å². The molecule has 2 N–H and O–H groups in total. The van der Waals surface area contributed by atoms with E-state index in [4.69, 9.17) is 25.6 Å². The Morgan fingerprint density at radius 1 is 1.00 bits per heavy atom. The first-order chi connectivity index (χ1) is 35.5. The number of nitrogens with one attached hydrogen (secondary N) is 1. The summed E-state index contributed by atoms with van der Waals surface area (Å²) >= 11 is 0. The number of hydrogen-bond acceptors (Lipinski definition) is 11. The third kappa shape index (κ3) is 9.53. The Kier molecular flexibility index (Phi) is 13.9. The zero-order valence-corrected chi connectivity index (χ0v) is 42.5. The molecule has 14 nitrogen and oxygen atoms in total. The van der Waals surface area contributed by atoms with Crippen molar-refractivity contribution in [3.8, 4) is 35.2 Å². The monoisotopic (exact) mass is 1010 g/mol. The van der Waals surface area contributed by atoms with Crippen LogP contribution in [0, 0.1) is 24.0 Å². The largest absolute Gasteiger partial charge is 0.493 e. The van der Waals surface area contributed by atoms with Crippen molar-refractivity contribution in [2.24, 2.45) is 0 Å². The molecular weight excluding hydrogens is 952 g/mol. The summed E-state index contributed by atoms with van der Waals surface area (Å²) in [6.07, 6.45) is 9.43. The number of alkyl halides is 1. The number of halogens is 3. The molecule has 0 unspecified atom stereocenters. The predicted molar refractivity (Wildman–Crippen MR) is 275 cm³/mol. The van der Waals surface area contributed by atoms with Crippen molar-refractivity contribution in [2.45, 2.75) is 102 Å². The Balaban J connectivity index is 0.717. The zero-order chi connectivity index (χ0) is 52.2. The molecule has 1 saturated heterocycles. The van der Waals surface area contributed by atoms with Gasteiger partial charge in [-0.05, 0) is 89.6 Å². The molecule has 1 fully saturated rings. The van der Waals surface area contributed by atoms with E-state index in [2.05, 4.69) is 15.8 Å². The number of nitrogens with zero attached hydrogens (tertiary/aromatic N) is 6. The fourth-order valence-corrected chi connectivity index (χ4v) is 11.3. The number of aliphatic hydroxyl groups is 1. The fourth-order valence-electron chi connectivity index (χ4n) is 11.3. The highest BCUT2D eigenvalue weighted by atomic mass is 19.1. The van der Waals surface area contributed by atoms with Gasteiger partial charge in [0.05, 0.1) is 47.7 Å². The van der Waals surface area contributed by atoms with Gasteiger partial charge in [-0.25, -0.2) is 27.7 Å². The maximum atomic E-state index is 16.2. The van der Waals surface area contributed by atoms with Crippen LogP contribution in [0.3, 0.4) is 0 Å². The van der Waals surface area contributed by atoms with Crippen molar-refractivity contribution in [1.29, 1.82) is 0 Å². The van der Waals surface area contributed by atoms with Gasteiger partial charge in [-0.15, -0.1) is 6.42 Å². The van der Waals surface area contributed by atoms with Crippen LogP contribution in [-0.2, 0) is 41.2 Å². The molecule has 0 saturated carbocycles. The highest BCUT2D eigenvalue weighted by Gasteiger charge is 2.46. The summed E-state index contributed by atoms with van der Waals surface area (Å²) in [5.41, 5.74) is 2.00. The smallest absolute Gasteiger partial charge is 0.415 e. The van der Waals surface area contributed by atoms with Crippen LogP contribution in [-0.4, -0.2) is 123 Å². The summed E-state index contributed by atoms with van der Waals surface area (Å²) in [6.45, 7) is 8.44. The van der Waals surface area contributed by atoms with Gasteiger partial charge in [0.1, 0.15) is 35.4 Å². The molecule has 0 radical (unpaired) electrons. The Bertz CT molecular complexity index is 3260. The van der Waals surface area contributed by atoms with E-state index < -0.39 is 47.1 Å². The fraction of sp³-hybridized carbons (Fsp3) is 0.439. The number of esters is 1. The van der Waals surface area contributed by atoms with Gasteiger partial charge in [-0.3, -0.25) is 14.6 Å². The van der Waals surface area contributed by atoms with E-state index in [1.165, 1.54) is 26.0 Å². The minimum atomic E-state index is -1.92. The molecule has 3 aromatic carbocycles. The number of benzene rings is 3. The number of H-pyrrole nitrogens is 1. The molecule has 74 heavy (non-hydrogen) atoms. The molecule has 6 aromatic rings. The van der Waals surface area contributed by atoms with Crippen LogP contribution in [0.1, 0.15) is 98.0 Å². The molecule has 3 aromatic heterocycles. The lowest BCUT2D eigenvalue weighted by Gasteiger charge is -2.42. The Labute approximate surface area is 428 Å². The maximum absolute atomic E-state index is 16.2. The molecule has 4 aliphatic heterocycles. The Morgan fingerprint density at radius 3 is 2.46 bits per heavy atom. The molecule has 10 rings (SSSR count). The first-order valence-corrected chi connectivity index (χ1v) is 25.5. The van der Waals surface area contributed by atoms with Crippen molar-refractivity contribution < 1.29 is 42.1 Å². The van der Waals surface area contributed by atoms with Gasteiger partial charge in [-0.2, -0.15) is 0 Å². The van der Waals surface area contributed by atoms with Crippen LogP contribution in [0.25, 0.3) is 33.2 Å². The van der Waals surface area contributed by atoms with Gasteiger partial charge in [0.2, 0.25) is 0 Å². The van der Waals surface area contributed by atoms with E-state index in [1.807, 2.05) is 49.3 Å². The van der Waals surface area contributed by atoms with Crippen LogP contribution in [0.4, 0.5) is 18.0 Å². The molecule has 7 heterocycles. The average molecular weight is 1010 g/mol. The number of cyclic esters (lactones) is 1. The number of carbonyl (C=O) groups is 2. The van der Waals surface area contributed by atoms with Crippen molar-refractivity contribution in [2.75, 3.05) is 60.0 Å². The van der Waals surface area contributed by atoms with Crippen LogP contribution in [0.5, 0.6) is 11.5 Å². The average Bonchev–Trinajstić information content (AvgIpc) is 3.94. The number of pyridine rings is 2. The summed E-state index contributed by atoms with van der Waals surface area (Å²) in [5.74, 6) is 0.924. The summed E-state index contributed by atoms with van der Waals surface area (Å²) in [4.78, 5) is 56.1. The van der Waals surface area contributed by atoms with Crippen molar-refractivity contribution in [3.05, 3.63) is 122 Å². The maximum Gasteiger partial charge on any atom is 0.415 e. The number of unbranched alkanes of at least 4 members (excludes halogenated alkanes) is 3. The number of aromatic nitrogens is 3. The molecular formula is C57H62F3N7O7. The first-order valence-electron chi connectivity index (χ1n) is 25.5. The van der Waals surface area contributed by atoms with Crippen molar-refractivity contribution in [3.63, 3.8) is 0 Å². The molecule has 388 valence electrons. The van der Waals surface area contributed by atoms with Gasteiger partial charge in [-0.1, -0.05) is 43.9 Å². The third-order valence-corrected chi connectivity index (χ3v) is 15.0. The number of aromatic amines is 1. The highest BCUT2D eigenvalue weighted by Crippen LogP contribution is 2.45. The van der Waals surface area contributed by atoms with E-state index in [0.29, 0.717) is 73.9 Å². The number of piperazine rings is 1. The number of terminal acetylenes is 1. The standard InChI is InChI=1S/C57H62F3N7O7/c1-7-35-26-39-37-15-11-12-16-45(37)62-51(39)52(67(35)33-56(3,4)60)49-43(58)27-36(28-44(49)59)72-24-14-10-9-13-19-64-20-22-65(23-21-64)55(70)74-48-18-17-46-38(40(48)31-63(5)6)25-34-30-66-47(50(34)61-46)29-42-41(53(66)68)32-73-54(69)57(42,71)8-2/h1,11-12,15-18,25,27-29,35,52,62,71H,8-10,13-14,19-24,26,30-33H2,2-6H3/t35-,52-,57-/m0/s1. The van der Waals surface area contributed by atoms with Crippen molar-refractivity contribution >= 4 is 33.9 Å². The minimum Gasteiger partial charge on any atom is -0.493 e. The summed E-state index contributed by atoms with van der Waals surface area (Å²) < 4.78 is 66.5. The van der Waals surface area contributed by atoms with Crippen LogP contribution in [0.2, 0.25) is 0 Å². The van der Waals surface area contributed by atoms with Gasteiger partial charge < -0.3 is 38.7 Å². The second-order valence-electron chi connectivity index (χ2n) is 20.9. The van der Waals surface area contributed by atoms with Gasteiger partial charge in [0.25, 0.3) is 5.56 Å².